The van der Waals surface area contributed by atoms with Gasteiger partial charge in [0.25, 0.3) is 0 Å². The SMILES string of the molecule is CC=N/C(=C\C(=N)c1ccncc1)c1ccncc1. The third kappa shape index (κ3) is 3.42. The van der Waals surface area contributed by atoms with Crippen LogP contribution in [0.2, 0.25) is 0 Å². The van der Waals surface area contributed by atoms with E-state index in [1.807, 2.05) is 19.1 Å². The number of hydrogen-bond donors (Lipinski definition) is 1. The van der Waals surface area contributed by atoms with E-state index in [0.717, 1.165) is 16.8 Å². The minimum atomic E-state index is 0.403. The molecule has 0 bridgehead atoms. The number of aliphatic imine (C=N–C) groups is 1. The number of nitrogens with one attached hydrogen (secondary N) is 1. The van der Waals surface area contributed by atoms with Gasteiger partial charge in [-0.05, 0) is 37.3 Å². The van der Waals surface area contributed by atoms with Crippen LogP contribution in [0.5, 0.6) is 0 Å². The fourth-order valence-corrected chi connectivity index (χ4v) is 1.61. The molecule has 0 aliphatic rings. The molecule has 0 fully saturated rings. The highest BCUT2D eigenvalue weighted by atomic mass is 14.7. The summed E-state index contributed by atoms with van der Waals surface area (Å²) in [4.78, 5) is 12.2. The van der Waals surface area contributed by atoms with Crippen molar-refractivity contribution in [2.24, 2.45) is 4.99 Å². The lowest BCUT2D eigenvalue weighted by Crippen LogP contribution is -1.96. The molecule has 1 N–H and O–H groups in total. The number of hydrogen-bond acceptors (Lipinski definition) is 4. The number of aromatic nitrogens is 2. The molecule has 0 aromatic carbocycles. The number of pyridine rings is 2. The Morgan fingerprint density at radius 1 is 1.00 bits per heavy atom. The van der Waals surface area contributed by atoms with Crippen LogP contribution < -0.4 is 0 Å². The van der Waals surface area contributed by atoms with E-state index in [2.05, 4.69) is 15.0 Å². The second-order valence-electron chi connectivity index (χ2n) is 3.80. The number of nitrogens with zero attached hydrogens (tertiary/aromatic N) is 3. The molecular weight excluding hydrogens is 236 g/mol. The molecule has 2 aromatic rings. The maximum Gasteiger partial charge on any atom is 0.0720 e. The van der Waals surface area contributed by atoms with Gasteiger partial charge in [-0.3, -0.25) is 15.0 Å². The number of rotatable bonds is 4. The Bertz CT molecular complexity index is 601. The molecule has 4 nitrogen and oxygen atoms in total. The third-order valence-electron chi connectivity index (χ3n) is 2.52. The predicted molar refractivity (Wildman–Crippen MR) is 77.4 cm³/mol. The highest BCUT2D eigenvalue weighted by Crippen LogP contribution is 2.15. The summed E-state index contributed by atoms with van der Waals surface area (Å²) in [5.41, 5.74) is 2.89. The van der Waals surface area contributed by atoms with E-state index in [-0.39, 0.29) is 0 Å². The van der Waals surface area contributed by atoms with Crippen LogP contribution >= 0.6 is 0 Å². The minimum Gasteiger partial charge on any atom is -0.300 e. The van der Waals surface area contributed by atoms with E-state index < -0.39 is 0 Å². The average Bonchev–Trinajstić information content (AvgIpc) is 2.48. The van der Waals surface area contributed by atoms with Crippen LogP contribution in [0.15, 0.2) is 60.1 Å². The van der Waals surface area contributed by atoms with E-state index in [1.165, 1.54) is 0 Å². The topological polar surface area (TPSA) is 62.0 Å². The van der Waals surface area contributed by atoms with Gasteiger partial charge in [0.2, 0.25) is 0 Å². The Labute approximate surface area is 112 Å². The van der Waals surface area contributed by atoms with Crippen molar-refractivity contribution in [3.05, 3.63) is 66.3 Å². The molecule has 0 amide bonds. The summed E-state index contributed by atoms with van der Waals surface area (Å²) in [6, 6.07) is 7.36. The summed E-state index contributed by atoms with van der Waals surface area (Å²) >= 11 is 0. The van der Waals surface area contributed by atoms with Crippen molar-refractivity contribution in [1.82, 2.24) is 9.97 Å². The first-order valence-electron chi connectivity index (χ1n) is 5.91. The van der Waals surface area contributed by atoms with Gasteiger partial charge in [0.1, 0.15) is 0 Å². The molecule has 0 aliphatic carbocycles. The lowest BCUT2D eigenvalue weighted by atomic mass is 10.1. The Morgan fingerprint density at radius 2 is 1.53 bits per heavy atom. The van der Waals surface area contributed by atoms with Crippen LogP contribution in [0.4, 0.5) is 0 Å². The molecule has 2 aromatic heterocycles. The quantitative estimate of drug-likeness (QED) is 0.848. The molecule has 0 unspecified atom stereocenters. The second-order valence-corrected chi connectivity index (χ2v) is 3.80. The van der Waals surface area contributed by atoms with Gasteiger partial charge in [0, 0.05) is 42.1 Å². The molecule has 4 heteroatoms. The first kappa shape index (κ1) is 12.8. The smallest absolute Gasteiger partial charge is 0.0720 e. The second kappa shape index (κ2) is 6.35. The minimum absolute atomic E-state index is 0.403. The summed E-state index contributed by atoms with van der Waals surface area (Å²) in [5, 5.41) is 8.09. The summed E-state index contributed by atoms with van der Waals surface area (Å²) in [6.45, 7) is 1.85. The van der Waals surface area contributed by atoms with Crippen LogP contribution in [0.3, 0.4) is 0 Å². The van der Waals surface area contributed by atoms with Crippen molar-refractivity contribution in [3.63, 3.8) is 0 Å². The first-order valence-corrected chi connectivity index (χ1v) is 5.91. The van der Waals surface area contributed by atoms with Crippen molar-refractivity contribution in [2.45, 2.75) is 6.92 Å². The van der Waals surface area contributed by atoms with Gasteiger partial charge < -0.3 is 5.41 Å². The molecule has 94 valence electrons. The molecule has 19 heavy (non-hydrogen) atoms. The zero-order valence-corrected chi connectivity index (χ0v) is 10.6. The third-order valence-corrected chi connectivity index (χ3v) is 2.52. The average molecular weight is 250 g/mol. The molecular formula is C15H14N4. The van der Waals surface area contributed by atoms with Gasteiger partial charge >= 0.3 is 0 Å². The van der Waals surface area contributed by atoms with E-state index in [0.29, 0.717) is 5.71 Å². The largest absolute Gasteiger partial charge is 0.300 e. The Hall–Kier alpha value is -2.62. The summed E-state index contributed by atoms with van der Waals surface area (Å²) in [5.74, 6) is 0. The standard InChI is InChI=1S/C15H14N4/c1-2-19-15(13-5-9-18-10-6-13)11-14(16)12-3-7-17-8-4-12/h2-11,16H,1H3/b15-11-,16-14?,19-2?. The van der Waals surface area contributed by atoms with Gasteiger partial charge in [-0.2, -0.15) is 0 Å². The van der Waals surface area contributed by atoms with Gasteiger partial charge in [-0.1, -0.05) is 0 Å². The molecule has 0 aliphatic heterocycles. The Morgan fingerprint density at radius 3 is 2.05 bits per heavy atom. The Balaban J connectivity index is 2.35. The van der Waals surface area contributed by atoms with Crippen molar-refractivity contribution in [2.75, 3.05) is 0 Å². The van der Waals surface area contributed by atoms with Crippen LogP contribution in [0, 0.1) is 5.41 Å². The first-order chi connectivity index (χ1) is 9.31. The molecule has 0 saturated carbocycles. The predicted octanol–water partition coefficient (Wildman–Crippen LogP) is 2.98. The molecule has 0 radical (unpaired) electrons. The maximum absolute atomic E-state index is 8.09. The van der Waals surface area contributed by atoms with Crippen LogP contribution in [-0.4, -0.2) is 21.9 Å². The lowest BCUT2D eigenvalue weighted by molar-refractivity contribution is 1.31. The monoisotopic (exact) mass is 250 g/mol. The summed E-state index contributed by atoms with van der Waals surface area (Å²) < 4.78 is 0. The molecule has 0 spiro atoms. The normalized spacial score (nSPS) is 11.7. The molecule has 2 heterocycles. The zero-order chi connectivity index (χ0) is 13.5. The maximum atomic E-state index is 8.09. The molecule has 2 rings (SSSR count). The van der Waals surface area contributed by atoms with Gasteiger partial charge in [0.05, 0.1) is 11.4 Å². The summed E-state index contributed by atoms with van der Waals surface area (Å²) in [6.07, 6.45) is 10.2. The van der Waals surface area contributed by atoms with Gasteiger partial charge in [0.15, 0.2) is 0 Å². The van der Waals surface area contributed by atoms with E-state index in [9.17, 15) is 0 Å². The van der Waals surface area contributed by atoms with Crippen LogP contribution in [0.25, 0.3) is 5.70 Å². The van der Waals surface area contributed by atoms with Gasteiger partial charge in [-0.15, -0.1) is 0 Å². The van der Waals surface area contributed by atoms with E-state index in [4.69, 9.17) is 5.41 Å². The molecule has 0 saturated heterocycles. The van der Waals surface area contributed by atoms with Crippen molar-refractivity contribution < 1.29 is 0 Å². The van der Waals surface area contributed by atoms with Crippen LogP contribution in [-0.2, 0) is 0 Å². The van der Waals surface area contributed by atoms with Crippen molar-refractivity contribution >= 4 is 17.6 Å². The van der Waals surface area contributed by atoms with Crippen molar-refractivity contribution in [1.29, 1.82) is 5.41 Å². The van der Waals surface area contributed by atoms with Crippen molar-refractivity contribution in [3.8, 4) is 0 Å². The van der Waals surface area contributed by atoms with Gasteiger partial charge in [-0.25, -0.2) is 0 Å². The summed E-state index contributed by atoms with van der Waals surface area (Å²) in [7, 11) is 0. The van der Waals surface area contributed by atoms with E-state index in [1.54, 1.807) is 49.2 Å². The highest BCUT2D eigenvalue weighted by molar-refractivity contribution is 6.10. The number of allylic oxidation sites excluding steroid dienone is 1. The fourth-order valence-electron chi connectivity index (χ4n) is 1.61. The van der Waals surface area contributed by atoms with Crippen LogP contribution in [0.1, 0.15) is 18.1 Å². The van der Waals surface area contributed by atoms with E-state index >= 15 is 0 Å². The highest BCUT2D eigenvalue weighted by Gasteiger charge is 2.02. The Kier molecular flexibility index (Phi) is 4.29. The fraction of sp³-hybridized carbons (Fsp3) is 0.0667. The molecule has 0 atom stereocenters. The zero-order valence-electron chi connectivity index (χ0n) is 10.6. The lowest BCUT2D eigenvalue weighted by Gasteiger charge is -2.03.